The van der Waals surface area contributed by atoms with Gasteiger partial charge in [0.15, 0.2) is 5.03 Å². The van der Waals surface area contributed by atoms with E-state index in [-0.39, 0.29) is 5.03 Å². The first-order valence-electron chi connectivity index (χ1n) is 7.18. The number of aromatic nitrogens is 1. The lowest BCUT2D eigenvalue weighted by molar-refractivity contribution is 0.179. The van der Waals surface area contributed by atoms with Gasteiger partial charge in [-0.05, 0) is 39.3 Å². The van der Waals surface area contributed by atoms with Crippen molar-refractivity contribution in [1.29, 1.82) is 0 Å². The van der Waals surface area contributed by atoms with Crippen molar-refractivity contribution in [3.05, 3.63) is 23.9 Å². The number of pyridine rings is 1. The zero-order valence-corrected chi connectivity index (χ0v) is 14.0. The summed E-state index contributed by atoms with van der Waals surface area (Å²) in [6.45, 7) is 9.76. The van der Waals surface area contributed by atoms with Gasteiger partial charge in [0.2, 0.25) is 0 Å². The molecule has 0 aliphatic carbocycles. The smallest absolute Gasteiger partial charge is 0.258 e. The zero-order chi connectivity index (χ0) is 16.0. The van der Waals surface area contributed by atoms with E-state index in [1.807, 2.05) is 0 Å². The fourth-order valence-corrected chi connectivity index (χ4v) is 3.13. The predicted octanol–water partition coefficient (Wildman–Crippen LogP) is 0.937. The topological polar surface area (TPSA) is 88.3 Å². The van der Waals surface area contributed by atoms with Gasteiger partial charge in [-0.3, -0.25) is 4.90 Å². The van der Waals surface area contributed by atoms with E-state index in [2.05, 4.69) is 42.3 Å². The maximum absolute atomic E-state index is 12.1. The molecule has 1 aromatic rings. The van der Waals surface area contributed by atoms with E-state index in [1.54, 1.807) is 6.07 Å². The summed E-state index contributed by atoms with van der Waals surface area (Å²) < 4.78 is 26.8. The minimum absolute atomic E-state index is 0.0281. The number of hydrogen-bond donors (Lipinski definition) is 2. The van der Waals surface area contributed by atoms with E-state index in [9.17, 15) is 8.42 Å². The Morgan fingerprint density at radius 1 is 1.24 bits per heavy atom. The van der Waals surface area contributed by atoms with E-state index < -0.39 is 10.0 Å². The minimum atomic E-state index is -3.56. The van der Waals surface area contributed by atoms with Crippen molar-refractivity contribution >= 4 is 10.0 Å². The van der Waals surface area contributed by atoms with Crippen LogP contribution in [0.1, 0.15) is 33.3 Å². The second kappa shape index (κ2) is 7.84. The maximum Gasteiger partial charge on any atom is 0.258 e. The Morgan fingerprint density at radius 2 is 1.86 bits per heavy atom. The number of rotatable bonds is 8. The molecule has 0 saturated heterocycles. The molecule has 3 N–H and O–H groups in total. The zero-order valence-electron chi connectivity index (χ0n) is 13.2. The fourth-order valence-electron chi connectivity index (χ4n) is 2.19. The normalized spacial score (nSPS) is 12.6. The monoisotopic (exact) mass is 314 g/mol. The fraction of sp³-hybridized carbons (Fsp3) is 0.643. The Balaban J connectivity index is 2.64. The van der Waals surface area contributed by atoms with Gasteiger partial charge in [-0.2, -0.15) is 0 Å². The number of nitrogens with one attached hydrogen (secondary N) is 1. The molecule has 0 aromatic carbocycles. The number of nitrogens with zero attached hydrogens (tertiary/aromatic N) is 2. The summed E-state index contributed by atoms with van der Waals surface area (Å²) in [5, 5.41) is 0.0281. The average Bonchev–Trinajstić information content (AvgIpc) is 2.42. The first kappa shape index (κ1) is 18.0. The summed E-state index contributed by atoms with van der Waals surface area (Å²) in [5.41, 5.74) is 6.27. The summed E-state index contributed by atoms with van der Waals surface area (Å²) in [5.74, 6) is 0. The lowest BCUT2D eigenvalue weighted by Crippen LogP contribution is -2.42. The third kappa shape index (κ3) is 5.35. The molecule has 6 nitrogen and oxygen atoms in total. The van der Waals surface area contributed by atoms with Gasteiger partial charge in [0.05, 0.1) is 0 Å². The molecule has 1 rings (SSSR count). The second-order valence-electron chi connectivity index (χ2n) is 5.53. The van der Waals surface area contributed by atoms with Crippen molar-refractivity contribution in [2.24, 2.45) is 5.73 Å². The molecule has 0 aliphatic heterocycles. The minimum Gasteiger partial charge on any atom is -0.326 e. The molecule has 0 radical (unpaired) electrons. The lowest BCUT2D eigenvalue weighted by Gasteiger charge is -2.30. The maximum atomic E-state index is 12.1. The molecule has 0 saturated carbocycles. The van der Waals surface area contributed by atoms with Crippen LogP contribution in [0.4, 0.5) is 0 Å². The van der Waals surface area contributed by atoms with Crippen LogP contribution in [-0.2, 0) is 16.6 Å². The molecule has 0 atom stereocenters. The highest BCUT2D eigenvalue weighted by atomic mass is 32.2. The molecule has 120 valence electrons. The molecular formula is C14H26N4O2S. The van der Waals surface area contributed by atoms with E-state index in [0.29, 0.717) is 31.7 Å². The second-order valence-corrected chi connectivity index (χ2v) is 7.25. The summed E-state index contributed by atoms with van der Waals surface area (Å²) in [6.07, 6.45) is 1.49. The molecule has 7 heteroatoms. The van der Waals surface area contributed by atoms with Gasteiger partial charge in [-0.15, -0.1) is 0 Å². The third-order valence-corrected chi connectivity index (χ3v) is 4.67. The van der Waals surface area contributed by atoms with Gasteiger partial charge >= 0.3 is 0 Å². The molecule has 0 aliphatic rings. The molecule has 21 heavy (non-hydrogen) atoms. The van der Waals surface area contributed by atoms with Crippen molar-refractivity contribution in [2.45, 2.75) is 51.3 Å². The van der Waals surface area contributed by atoms with Crippen LogP contribution in [-0.4, -0.2) is 43.5 Å². The first-order chi connectivity index (χ1) is 9.77. The highest BCUT2D eigenvalue weighted by molar-refractivity contribution is 7.89. The van der Waals surface area contributed by atoms with Crippen molar-refractivity contribution in [1.82, 2.24) is 14.6 Å². The van der Waals surface area contributed by atoms with Gasteiger partial charge in [-0.25, -0.2) is 18.1 Å². The van der Waals surface area contributed by atoms with Crippen LogP contribution in [0.2, 0.25) is 0 Å². The molecule has 0 spiro atoms. The molecular weight excluding hydrogens is 288 g/mol. The van der Waals surface area contributed by atoms with E-state index in [0.717, 1.165) is 5.56 Å². The van der Waals surface area contributed by atoms with Crippen molar-refractivity contribution in [3.63, 3.8) is 0 Å². The van der Waals surface area contributed by atoms with Crippen molar-refractivity contribution in [2.75, 3.05) is 13.1 Å². The Labute approximate surface area is 127 Å². The summed E-state index contributed by atoms with van der Waals surface area (Å²) in [7, 11) is -3.56. The van der Waals surface area contributed by atoms with Crippen LogP contribution in [0.15, 0.2) is 23.4 Å². The summed E-state index contributed by atoms with van der Waals surface area (Å²) >= 11 is 0. The predicted molar refractivity (Wildman–Crippen MR) is 84.3 cm³/mol. The van der Waals surface area contributed by atoms with Crippen LogP contribution in [0.5, 0.6) is 0 Å². The number of nitrogens with two attached hydrogens (primary N) is 1. The van der Waals surface area contributed by atoms with E-state index in [4.69, 9.17) is 5.73 Å². The third-order valence-electron chi connectivity index (χ3n) is 3.30. The van der Waals surface area contributed by atoms with Crippen LogP contribution in [0, 0.1) is 0 Å². The number of hydrogen-bond acceptors (Lipinski definition) is 5. The molecule has 1 aromatic heterocycles. The number of sulfonamides is 1. The molecule has 0 amide bonds. The summed E-state index contributed by atoms with van der Waals surface area (Å²) in [6, 6.07) is 3.90. The van der Waals surface area contributed by atoms with Gasteiger partial charge in [0.1, 0.15) is 0 Å². The van der Waals surface area contributed by atoms with E-state index >= 15 is 0 Å². The molecule has 0 bridgehead atoms. The standard InChI is InChI=1S/C14H26N4O2S/c1-11(2)18(12(3)4)8-7-17-21(19,20)14-6-5-13(9-15)10-16-14/h5-6,10-12,17H,7-9,15H2,1-4H3. The Hall–Kier alpha value is -1.02. The molecule has 0 fully saturated rings. The van der Waals surface area contributed by atoms with Gasteiger partial charge in [-0.1, -0.05) is 6.07 Å². The summed E-state index contributed by atoms with van der Waals surface area (Å²) in [4.78, 5) is 6.17. The first-order valence-corrected chi connectivity index (χ1v) is 8.66. The van der Waals surface area contributed by atoms with Crippen LogP contribution in [0.25, 0.3) is 0 Å². The highest BCUT2D eigenvalue weighted by Gasteiger charge is 2.17. The van der Waals surface area contributed by atoms with Crippen LogP contribution >= 0.6 is 0 Å². The Morgan fingerprint density at radius 3 is 2.29 bits per heavy atom. The van der Waals surface area contributed by atoms with Crippen LogP contribution < -0.4 is 10.5 Å². The van der Waals surface area contributed by atoms with E-state index in [1.165, 1.54) is 12.3 Å². The van der Waals surface area contributed by atoms with Crippen molar-refractivity contribution in [3.8, 4) is 0 Å². The average molecular weight is 314 g/mol. The SMILES string of the molecule is CC(C)N(CCNS(=O)(=O)c1ccc(CN)cn1)C(C)C. The lowest BCUT2D eigenvalue weighted by atomic mass is 10.2. The van der Waals surface area contributed by atoms with Gasteiger partial charge in [0.25, 0.3) is 10.0 Å². The molecule has 0 unspecified atom stereocenters. The Bertz CT molecular complexity index is 518. The van der Waals surface area contributed by atoms with Gasteiger partial charge < -0.3 is 5.73 Å². The largest absolute Gasteiger partial charge is 0.326 e. The van der Waals surface area contributed by atoms with Gasteiger partial charge in [0, 0.05) is 37.9 Å². The van der Waals surface area contributed by atoms with Crippen molar-refractivity contribution < 1.29 is 8.42 Å². The molecule has 1 heterocycles. The Kier molecular flexibility index (Phi) is 6.73. The van der Waals surface area contributed by atoms with Crippen LogP contribution in [0.3, 0.4) is 0 Å². The highest BCUT2D eigenvalue weighted by Crippen LogP contribution is 2.07. The quantitative estimate of drug-likeness (QED) is 0.745.